The molecule has 3 aliphatic rings. The molecule has 3 aromatic rings. The number of rotatable bonds is 4. The van der Waals surface area contributed by atoms with E-state index in [0.29, 0.717) is 6.54 Å². The van der Waals surface area contributed by atoms with Crippen LogP contribution in [0.5, 0.6) is 11.5 Å². The molecule has 2 amide bonds. The van der Waals surface area contributed by atoms with Gasteiger partial charge in [-0.05, 0) is 36.1 Å². The zero-order valence-electron chi connectivity index (χ0n) is 22.0. The van der Waals surface area contributed by atoms with Crippen molar-refractivity contribution in [2.75, 3.05) is 34.4 Å². The van der Waals surface area contributed by atoms with Crippen molar-refractivity contribution in [3.63, 3.8) is 0 Å². The average molecular weight is 499 g/mol. The summed E-state index contributed by atoms with van der Waals surface area (Å²) in [4.78, 5) is 24.7. The highest BCUT2D eigenvalue weighted by atomic mass is 16.5. The number of likely N-dealkylation sites (tertiary alicyclic amines) is 1. The first-order valence-corrected chi connectivity index (χ1v) is 13.0. The molecule has 192 valence electrons. The first kappa shape index (κ1) is 23.8. The van der Waals surface area contributed by atoms with Crippen molar-refractivity contribution in [2.45, 2.75) is 44.3 Å². The number of likely N-dealkylation sites (N-methyl/N-ethyl adjacent to an activating group) is 1. The quantitative estimate of drug-likeness (QED) is 0.498. The monoisotopic (exact) mass is 498 g/mol. The number of pyridine rings is 1. The van der Waals surface area contributed by atoms with Gasteiger partial charge in [0.2, 0.25) is 0 Å². The number of amides is 2. The van der Waals surface area contributed by atoms with Gasteiger partial charge in [-0.3, -0.25) is 14.8 Å². The largest absolute Gasteiger partial charge is 0.497 e. The van der Waals surface area contributed by atoms with Crippen LogP contribution in [0.3, 0.4) is 0 Å². The number of methoxy groups -OCH3 is 2. The van der Waals surface area contributed by atoms with E-state index in [2.05, 4.69) is 47.1 Å². The molecule has 0 radical (unpaired) electrons. The normalized spacial score (nSPS) is 21.0. The van der Waals surface area contributed by atoms with E-state index in [4.69, 9.17) is 9.47 Å². The lowest BCUT2D eigenvalue weighted by Crippen LogP contribution is -2.52. The molecule has 2 saturated heterocycles. The molecule has 4 heterocycles. The van der Waals surface area contributed by atoms with Crippen molar-refractivity contribution < 1.29 is 14.3 Å². The van der Waals surface area contributed by atoms with Gasteiger partial charge in [0.05, 0.1) is 31.8 Å². The van der Waals surface area contributed by atoms with Gasteiger partial charge < -0.3 is 14.4 Å². The first-order valence-electron chi connectivity index (χ1n) is 13.0. The molecule has 1 spiro atoms. The number of urea groups is 1. The van der Waals surface area contributed by atoms with Crippen LogP contribution in [0.1, 0.15) is 42.4 Å². The van der Waals surface area contributed by atoms with Crippen LogP contribution in [-0.2, 0) is 13.1 Å². The van der Waals surface area contributed by atoms with Gasteiger partial charge >= 0.3 is 6.03 Å². The molecule has 0 bridgehead atoms. The molecule has 7 heteroatoms. The Morgan fingerprint density at radius 2 is 1.86 bits per heavy atom. The number of fused-ring (bicyclic) bond motifs is 4. The highest BCUT2D eigenvalue weighted by molar-refractivity contribution is 5.83. The maximum Gasteiger partial charge on any atom is 0.325 e. The van der Waals surface area contributed by atoms with E-state index in [-0.39, 0.29) is 17.5 Å². The summed E-state index contributed by atoms with van der Waals surface area (Å²) in [5.74, 6) is 1.68. The van der Waals surface area contributed by atoms with Crippen molar-refractivity contribution >= 4 is 16.9 Å². The lowest BCUT2D eigenvalue weighted by molar-refractivity contribution is 0.100. The Morgan fingerprint density at radius 1 is 1.08 bits per heavy atom. The highest BCUT2D eigenvalue weighted by Crippen LogP contribution is 2.48. The maximum atomic E-state index is 13.6. The Balaban J connectivity index is 1.29. The van der Waals surface area contributed by atoms with Crippen molar-refractivity contribution in [1.82, 2.24) is 19.7 Å². The molecule has 3 aliphatic heterocycles. The Bertz CT molecular complexity index is 1390. The van der Waals surface area contributed by atoms with Crippen LogP contribution in [0.2, 0.25) is 0 Å². The molecule has 2 fully saturated rings. The van der Waals surface area contributed by atoms with E-state index < -0.39 is 0 Å². The van der Waals surface area contributed by atoms with E-state index >= 15 is 0 Å². The summed E-state index contributed by atoms with van der Waals surface area (Å²) in [5.41, 5.74) is 5.39. The zero-order valence-corrected chi connectivity index (χ0v) is 22.0. The van der Waals surface area contributed by atoms with Gasteiger partial charge in [-0.15, -0.1) is 0 Å². The highest BCUT2D eigenvalue weighted by Gasteiger charge is 2.53. The van der Waals surface area contributed by atoms with Crippen LogP contribution < -0.4 is 9.47 Å². The van der Waals surface area contributed by atoms with Crippen LogP contribution in [-0.4, -0.2) is 65.6 Å². The van der Waals surface area contributed by atoms with E-state index in [1.807, 2.05) is 41.2 Å². The first-order chi connectivity index (χ1) is 17.9. The van der Waals surface area contributed by atoms with E-state index in [1.54, 1.807) is 14.2 Å². The number of allylic oxidation sites excluding steroid dienone is 1. The number of hydrogen-bond donors (Lipinski definition) is 0. The van der Waals surface area contributed by atoms with Gasteiger partial charge in [-0.1, -0.05) is 37.3 Å². The van der Waals surface area contributed by atoms with Crippen LogP contribution in [0.4, 0.5) is 4.79 Å². The molecule has 7 nitrogen and oxygen atoms in total. The van der Waals surface area contributed by atoms with Gasteiger partial charge in [0.15, 0.2) is 0 Å². The third kappa shape index (κ3) is 3.75. The fourth-order valence-electron chi connectivity index (χ4n) is 6.58. The topological polar surface area (TPSA) is 58.1 Å². The fourth-order valence-corrected chi connectivity index (χ4v) is 6.58. The summed E-state index contributed by atoms with van der Waals surface area (Å²) in [6.45, 7) is 5.43. The number of piperidine rings is 1. The standard InChI is InChI=1S/C30H34N4O3/c1-20-15-26-30(10-13-33(14-11-30)18-22-8-5-7-21-9-6-12-31-28(21)22)32(2)29(35)34(26)19-23-16-24(36-3)17-25(37-4)27(20)23/h5-9,12,15-17,20H,10-11,13-14,18-19H2,1-4H3. The van der Waals surface area contributed by atoms with Crippen LogP contribution in [0.15, 0.2) is 60.4 Å². The minimum absolute atomic E-state index is 0.0693. The van der Waals surface area contributed by atoms with Crippen molar-refractivity contribution in [3.8, 4) is 11.5 Å². The number of hydrogen-bond acceptors (Lipinski definition) is 5. The Hall–Kier alpha value is -3.58. The predicted molar refractivity (Wildman–Crippen MR) is 144 cm³/mol. The second-order valence-corrected chi connectivity index (χ2v) is 10.5. The number of carbonyl (C=O) groups is 1. The van der Waals surface area contributed by atoms with Gasteiger partial charge in [0, 0.05) is 61.5 Å². The molecule has 1 aromatic heterocycles. The molecular weight excluding hydrogens is 464 g/mol. The summed E-state index contributed by atoms with van der Waals surface area (Å²) < 4.78 is 11.3. The number of para-hydroxylation sites is 1. The molecular formula is C30H34N4O3. The average Bonchev–Trinajstić information content (AvgIpc) is 3.03. The molecule has 2 aromatic carbocycles. The van der Waals surface area contributed by atoms with E-state index in [0.717, 1.165) is 66.3 Å². The second-order valence-electron chi connectivity index (χ2n) is 10.5. The number of benzene rings is 2. The molecule has 0 N–H and O–H groups in total. The summed E-state index contributed by atoms with van der Waals surface area (Å²) in [6, 6.07) is 14.6. The molecule has 37 heavy (non-hydrogen) atoms. The summed E-state index contributed by atoms with van der Waals surface area (Å²) in [6.07, 6.45) is 5.97. The molecule has 1 atom stereocenters. The van der Waals surface area contributed by atoms with E-state index in [1.165, 1.54) is 10.9 Å². The second kappa shape index (κ2) is 9.06. The van der Waals surface area contributed by atoms with Crippen LogP contribution in [0, 0.1) is 0 Å². The summed E-state index contributed by atoms with van der Waals surface area (Å²) in [7, 11) is 5.33. The van der Waals surface area contributed by atoms with Crippen LogP contribution >= 0.6 is 0 Å². The smallest absolute Gasteiger partial charge is 0.325 e. The van der Waals surface area contributed by atoms with Gasteiger partial charge in [0.1, 0.15) is 11.5 Å². The molecule has 0 aliphatic carbocycles. The van der Waals surface area contributed by atoms with Gasteiger partial charge in [-0.2, -0.15) is 0 Å². The third-order valence-corrected chi connectivity index (χ3v) is 8.57. The molecule has 1 unspecified atom stereocenters. The lowest BCUT2D eigenvalue weighted by atomic mass is 9.82. The SMILES string of the molecule is COc1cc2c(c(OC)c1)C(C)C=C1N(C2)C(=O)N(C)C12CCN(Cc1cccc3cccnc13)CC2. The van der Waals surface area contributed by atoms with Crippen LogP contribution in [0.25, 0.3) is 10.9 Å². The van der Waals surface area contributed by atoms with Crippen molar-refractivity contribution in [1.29, 1.82) is 0 Å². The minimum atomic E-state index is -0.293. The number of aromatic nitrogens is 1. The fraction of sp³-hybridized carbons (Fsp3) is 0.400. The number of ether oxygens (including phenoxy) is 2. The predicted octanol–water partition coefficient (Wildman–Crippen LogP) is 5.16. The van der Waals surface area contributed by atoms with Gasteiger partial charge in [0.25, 0.3) is 0 Å². The Morgan fingerprint density at radius 3 is 2.62 bits per heavy atom. The van der Waals surface area contributed by atoms with Crippen molar-refractivity contribution in [2.24, 2.45) is 0 Å². The van der Waals surface area contributed by atoms with Gasteiger partial charge in [-0.25, -0.2) is 4.79 Å². The summed E-state index contributed by atoms with van der Waals surface area (Å²) in [5, 5.41) is 1.18. The molecule has 6 rings (SSSR count). The maximum absolute atomic E-state index is 13.6. The van der Waals surface area contributed by atoms with Crippen molar-refractivity contribution in [3.05, 3.63) is 77.1 Å². The zero-order chi connectivity index (χ0) is 25.7. The Kier molecular flexibility index (Phi) is 5.83. The number of carbonyl (C=O) groups excluding carboxylic acids is 1. The number of nitrogens with zero attached hydrogens (tertiary/aromatic N) is 4. The third-order valence-electron chi connectivity index (χ3n) is 8.57. The lowest BCUT2D eigenvalue weighted by Gasteiger charge is -2.43. The minimum Gasteiger partial charge on any atom is -0.497 e. The molecule has 0 saturated carbocycles. The van der Waals surface area contributed by atoms with E-state index in [9.17, 15) is 4.79 Å². The summed E-state index contributed by atoms with van der Waals surface area (Å²) >= 11 is 0. The Labute approximate surface area is 218 Å².